The van der Waals surface area contributed by atoms with Crippen LogP contribution in [0.3, 0.4) is 0 Å². The fraction of sp³-hybridized carbons (Fsp3) is 0.111. The SMILES string of the molecule is Cc1cc(N=Nc2cc(C)c(N=Nc3c(S(=O)(=O)O)cc4cc(NCOc5ccccc5)ccc4c3O)cc2C)ccc1N=Nc1ccc(N=Nc2ccc(S(=O)(=O)O)cc2S(=O)(=O)O)c(C)c1. The zero-order valence-corrected chi connectivity index (χ0v) is 38.7. The van der Waals surface area contributed by atoms with Gasteiger partial charge in [-0.25, -0.2) is 0 Å². The van der Waals surface area contributed by atoms with Gasteiger partial charge < -0.3 is 15.2 Å². The van der Waals surface area contributed by atoms with Crippen LogP contribution in [0.1, 0.15) is 22.3 Å². The highest BCUT2D eigenvalue weighted by molar-refractivity contribution is 7.87. The quantitative estimate of drug-likeness (QED) is 0.0364. The Morgan fingerprint density at radius 1 is 0.485 bits per heavy atom. The topological polar surface area (TPSA) is 303 Å². The van der Waals surface area contributed by atoms with Gasteiger partial charge in [-0.2, -0.15) is 55.9 Å². The third-order valence-electron chi connectivity index (χ3n) is 10.0. The molecule has 68 heavy (non-hydrogen) atoms. The molecule has 0 saturated carbocycles. The summed E-state index contributed by atoms with van der Waals surface area (Å²) < 4.78 is 106. The number of anilines is 1. The van der Waals surface area contributed by atoms with Gasteiger partial charge in [0.05, 0.1) is 39.0 Å². The van der Waals surface area contributed by atoms with Crippen molar-refractivity contribution in [2.24, 2.45) is 40.9 Å². The maximum absolute atomic E-state index is 12.5. The molecule has 0 unspecified atom stereocenters. The van der Waals surface area contributed by atoms with Crippen LogP contribution in [-0.4, -0.2) is 50.7 Å². The molecule has 0 aliphatic carbocycles. The average molecular weight is 978 g/mol. The molecule has 0 atom stereocenters. The van der Waals surface area contributed by atoms with Gasteiger partial charge in [0.2, 0.25) is 0 Å². The van der Waals surface area contributed by atoms with Crippen LogP contribution in [-0.2, 0) is 30.4 Å². The zero-order valence-electron chi connectivity index (χ0n) is 36.2. The highest BCUT2D eigenvalue weighted by Gasteiger charge is 2.23. The summed E-state index contributed by atoms with van der Waals surface area (Å²) in [6.45, 7) is 7.15. The van der Waals surface area contributed by atoms with Crippen LogP contribution in [0, 0.1) is 27.7 Å². The Morgan fingerprint density at radius 2 is 1.00 bits per heavy atom. The van der Waals surface area contributed by atoms with Crippen molar-refractivity contribution >= 4 is 92.3 Å². The molecule has 7 rings (SSSR count). The van der Waals surface area contributed by atoms with Crippen molar-refractivity contribution in [1.82, 2.24) is 0 Å². The summed E-state index contributed by atoms with van der Waals surface area (Å²) in [7, 11) is -14.5. The lowest BCUT2D eigenvalue weighted by Gasteiger charge is -2.12. The van der Waals surface area contributed by atoms with Gasteiger partial charge >= 0.3 is 0 Å². The Hall–Kier alpha value is -7.67. The number of fused-ring (bicyclic) bond motifs is 1. The largest absolute Gasteiger partial charge is 0.505 e. The minimum absolute atomic E-state index is 0.113. The van der Waals surface area contributed by atoms with Gasteiger partial charge in [0.1, 0.15) is 26.9 Å². The van der Waals surface area contributed by atoms with Crippen molar-refractivity contribution in [1.29, 1.82) is 0 Å². The van der Waals surface area contributed by atoms with Gasteiger partial charge in [-0.1, -0.05) is 18.2 Å². The van der Waals surface area contributed by atoms with Gasteiger partial charge in [0.25, 0.3) is 30.4 Å². The van der Waals surface area contributed by atoms with Crippen molar-refractivity contribution in [3.8, 4) is 11.5 Å². The smallest absolute Gasteiger partial charge is 0.296 e. The first-order valence-electron chi connectivity index (χ1n) is 19.9. The van der Waals surface area contributed by atoms with Crippen molar-refractivity contribution in [2.75, 3.05) is 12.0 Å². The summed E-state index contributed by atoms with van der Waals surface area (Å²) in [5.74, 6) is 0.159. The maximum atomic E-state index is 12.5. The number of benzene rings is 7. The molecule has 0 bridgehead atoms. The standard InChI is InChI=1S/C45H39N9O11S3/c1-26-18-33(11-15-37(26)49-47-32-12-16-38(27(2)19-32)50-51-39-17-13-35(66(56,57)58)24-42(39)67(59,60)61)48-52-40-20-29(4)41(21-28(40)3)53-54-44-43(68(62,63)64)23-30-22-31(10-14-36(30)45(44)55)46-25-65-34-8-6-5-7-9-34/h5-24,46,55H,25H2,1-4H3,(H,56,57,58)(H,59,60,61)(H,62,63,64). The molecule has 0 radical (unpaired) electrons. The molecule has 0 aromatic heterocycles. The fourth-order valence-electron chi connectivity index (χ4n) is 6.48. The molecular weight excluding hydrogens is 939 g/mol. The van der Waals surface area contributed by atoms with E-state index in [1.54, 1.807) is 99.6 Å². The molecule has 0 aliphatic rings. The monoisotopic (exact) mass is 977 g/mol. The van der Waals surface area contributed by atoms with E-state index in [1.165, 1.54) is 6.07 Å². The van der Waals surface area contributed by atoms with Gasteiger partial charge in [0, 0.05) is 11.1 Å². The number of aromatic hydroxyl groups is 1. The Bertz CT molecular complexity index is 3590. The van der Waals surface area contributed by atoms with Crippen LogP contribution >= 0.6 is 0 Å². The molecule has 5 N–H and O–H groups in total. The lowest BCUT2D eigenvalue weighted by atomic mass is 10.1. The molecule has 0 saturated heterocycles. The molecule has 20 nitrogen and oxygen atoms in total. The Balaban J connectivity index is 1.03. The lowest BCUT2D eigenvalue weighted by molar-refractivity contribution is 0.347. The van der Waals surface area contributed by atoms with E-state index in [-0.39, 0.29) is 17.8 Å². The van der Waals surface area contributed by atoms with E-state index < -0.39 is 56.5 Å². The zero-order chi connectivity index (χ0) is 49.0. The number of nitrogens with zero attached hydrogens (tertiary/aromatic N) is 8. The molecule has 0 spiro atoms. The number of phenolic OH excluding ortho intramolecular Hbond substituents is 1. The van der Waals surface area contributed by atoms with Crippen LogP contribution in [0.4, 0.5) is 51.2 Å². The van der Waals surface area contributed by atoms with Crippen molar-refractivity contribution in [2.45, 2.75) is 42.4 Å². The first kappa shape index (κ1) is 48.3. The predicted molar refractivity (Wildman–Crippen MR) is 252 cm³/mol. The van der Waals surface area contributed by atoms with Crippen molar-refractivity contribution in [3.05, 3.63) is 144 Å². The first-order valence-corrected chi connectivity index (χ1v) is 24.2. The molecule has 0 amide bonds. The van der Waals surface area contributed by atoms with Crippen LogP contribution in [0.5, 0.6) is 11.5 Å². The van der Waals surface area contributed by atoms with Crippen LogP contribution < -0.4 is 10.1 Å². The molecular formula is C45H39N9O11S3. The van der Waals surface area contributed by atoms with Crippen LogP contribution in [0.25, 0.3) is 10.8 Å². The second-order valence-corrected chi connectivity index (χ2v) is 19.2. The molecule has 0 aliphatic heterocycles. The van der Waals surface area contributed by atoms with Gasteiger partial charge in [-0.3, -0.25) is 13.7 Å². The van der Waals surface area contributed by atoms with Gasteiger partial charge in [-0.15, -0.1) is 10.2 Å². The molecule has 0 fully saturated rings. The van der Waals surface area contributed by atoms with E-state index >= 15 is 0 Å². The highest BCUT2D eigenvalue weighted by atomic mass is 32.2. The molecule has 7 aromatic rings. The van der Waals surface area contributed by atoms with Gasteiger partial charge in [-0.05, 0) is 158 Å². The van der Waals surface area contributed by atoms with Crippen molar-refractivity contribution in [3.63, 3.8) is 0 Å². The lowest BCUT2D eigenvalue weighted by Crippen LogP contribution is -2.08. The average Bonchev–Trinajstić information content (AvgIpc) is 3.27. The molecule has 0 heterocycles. The Labute approximate surface area is 389 Å². The van der Waals surface area contributed by atoms with E-state index in [2.05, 4.69) is 46.2 Å². The number of azo groups is 4. The molecule has 7 aromatic carbocycles. The normalized spacial score (nSPS) is 12.6. The third-order valence-corrected chi connectivity index (χ3v) is 12.6. The summed E-state index contributed by atoms with van der Waals surface area (Å²) in [6.07, 6.45) is 0. The number of aryl methyl sites for hydroxylation is 4. The third kappa shape index (κ3) is 11.6. The minimum Gasteiger partial charge on any atom is -0.505 e. The Kier molecular flexibility index (Phi) is 14.0. The maximum Gasteiger partial charge on any atom is 0.296 e. The fourth-order valence-corrected chi connectivity index (χ4v) is 8.37. The summed E-state index contributed by atoms with van der Waals surface area (Å²) in [5.41, 5.74) is 5.03. The number of phenols is 1. The molecule has 348 valence electrons. The number of para-hydroxylation sites is 1. The number of hydrogen-bond donors (Lipinski definition) is 5. The Morgan fingerprint density at radius 3 is 1.56 bits per heavy atom. The summed E-state index contributed by atoms with van der Waals surface area (Å²) in [4.78, 5) is -2.24. The second kappa shape index (κ2) is 19.7. The summed E-state index contributed by atoms with van der Waals surface area (Å²) in [5, 5.41) is 48.6. The number of rotatable bonds is 15. The summed E-state index contributed by atoms with van der Waals surface area (Å²) in [6, 6.07) is 31.0. The van der Waals surface area contributed by atoms with E-state index in [0.717, 1.165) is 17.7 Å². The van der Waals surface area contributed by atoms with E-state index in [4.69, 9.17) is 4.74 Å². The van der Waals surface area contributed by atoms with Crippen LogP contribution in [0.15, 0.2) is 177 Å². The van der Waals surface area contributed by atoms with Crippen LogP contribution in [0.2, 0.25) is 0 Å². The number of ether oxygens (including phenoxy) is 1. The highest BCUT2D eigenvalue weighted by Crippen LogP contribution is 2.43. The van der Waals surface area contributed by atoms with E-state index in [9.17, 15) is 44.0 Å². The van der Waals surface area contributed by atoms with E-state index in [0.29, 0.717) is 73.7 Å². The van der Waals surface area contributed by atoms with E-state index in [1.807, 2.05) is 25.1 Å². The number of nitrogens with one attached hydrogen (secondary N) is 1. The minimum atomic E-state index is -4.93. The second-order valence-electron chi connectivity index (χ2n) is 15.0. The van der Waals surface area contributed by atoms with Gasteiger partial charge in [0.15, 0.2) is 12.5 Å². The molecule has 23 heteroatoms. The summed E-state index contributed by atoms with van der Waals surface area (Å²) >= 11 is 0. The van der Waals surface area contributed by atoms with Crippen molar-refractivity contribution < 1.29 is 48.8 Å². The number of hydrogen-bond acceptors (Lipinski definition) is 17. The predicted octanol–water partition coefficient (Wildman–Crippen LogP) is 12.6. The first-order chi connectivity index (χ1) is 32.1.